The van der Waals surface area contributed by atoms with E-state index in [2.05, 4.69) is 43.5 Å². The van der Waals surface area contributed by atoms with Crippen LogP contribution in [-0.2, 0) is 20.9 Å². The summed E-state index contributed by atoms with van der Waals surface area (Å²) in [4.78, 5) is 41.7. The number of hydrogen-bond donors (Lipinski definition) is 1. The Morgan fingerprint density at radius 3 is 2.54 bits per heavy atom. The molecule has 9 nitrogen and oxygen atoms in total. The van der Waals surface area contributed by atoms with Crippen LogP contribution in [0.2, 0.25) is 0 Å². The topological polar surface area (TPSA) is 96.8 Å². The molecule has 0 unspecified atom stereocenters. The molecule has 190 valence electrons. The van der Waals surface area contributed by atoms with Crippen LogP contribution in [0, 0.1) is 0 Å². The number of carbonyl (C=O) groups is 3. The lowest BCUT2D eigenvalue weighted by Crippen LogP contribution is -2.45. The van der Waals surface area contributed by atoms with Crippen LogP contribution in [0.3, 0.4) is 0 Å². The Bertz CT molecular complexity index is 1450. The Balaban J connectivity index is 1.34. The highest BCUT2D eigenvalue weighted by Gasteiger charge is 2.34. The number of aromatic nitrogens is 2. The van der Waals surface area contributed by atoms with Crippen molar-refractivity contribution in [1.82, 2.24) is 24.9 Å². The number of morpholine rings is 1. The normalized spacial score (nSPS) is 15.3. The van der Waals surface area contributed by atoms with Gasteiger partial charge in [0.2, 0.25) is 0 Å². The molecule has 0 aliphatic carbocycles. The Morgan fingerprint density at radius 1 is 1.08 bits per heavy atom. The zero-order valence-corrected chi connectivity index (χ0v) is 21.0. The van der Waals surface area contributed by atoms with Crippen molar-refractivity contribution in [2.75, 3.05) is 26.3 Å². The summed E-state index contributed by atoms with van der Waals surface area (Å²) in [5, 5.41) is 8.13. The predicted molar refractivity (Wildman–Crippen MR) is 139 cm³/mol. The molecule has 0 atom stereocenters. The molecule has 1 saturated heterocycles. The van der Waals surface area contributed by atoms with Gasteiger partial charge in [0.05, 0.1) is 31.0 Å². The van der Waals surface area contributed by atoms with Gasteiger partial charge < -0.3 is 15.0 Å². The maximum Gasteiger partial charge on any atom is 0.271 e. The third kappa shape index (κ3) is 4.53. The number of nitrogens with one attached hydrogen (secondary N) is 1. The average Bonchev–Trinajstić information content (AvgIpc) is 3.49. The van der Waals surface area contributed by atoms with Gasteiger partial charge in [-0.15, -0.1) is 0 Å². The molecule has 5 rings (SSSR count). The summed E-state index contributed by atoms with van der Waals surface area (Å²) in [7, 11) is 0. The first kappa shape index (κ1) is 24.5. The Kier molecular flexibility index (Phi) is 6.39. The smallest absolute Gasteiger partial charge is 0.271 e. The van der Waals surface area contributed by atoms with Gasteiger partial charge in [0.1, 0.15) is 5.70 Å². The molecule has 3 heterocycles. The second kappa shape index (κ2) is 9.67. The van der Waals surface area contributed by atoms with Crippen LogP contribution in [0.1, 0.15) is 35.8 Å². The fourth-order valence-corrected chi connectivity index (χ4v) is 4.64. The maximum absolute atomic E-state index is 13.2. The van der Waals surface area contributed by atoms with Gasteiger partial charge in [-0.25, -0.2) is 0 Å². The number of amides is 3. The number of benzene rings is 2. The van der Waals surface area contributed by atoms with E-state index in [0.717, 1.165) is 27.6 Å². The summed E-state index contributed by atoms with van der Waals surface area (Å²) in [5.41, 5.74) is 4.01. The second-order valence-corrected chi connectivity index (χ2v) is 9.48. The van der Waals surface area contributed by atoms with Crippen molar-refractivity contribution in [1.29, 1.82) is 0 Å². The summed E-state index contributed by atoms with van der Waals surface area (Å²) in [6.07, 6.45) is 2.02. The van der Waals surface area contributed by atoms with Crippen LogP contribution in [-0.4, -0.2) is 63.6 Å². The number of ether oxygens (including phenoxy) is 1. The SMILES string of the molecule is C=C(NC(=O)C(=C)N1Cc2c(cccc2-c2ccc3nn(C(C)C)cc3c2)C1=O)C(=O)N1CCOCC1. The van der Waals surface area contributed by atoms with Crippen molar-refractivity contribution in [3.05, 3.63) is 78.3 Å². The van der Waals surface area contributed by atoms with E-state index in [-0.39, 0.29) is 35.8 Å². The summed E-state index contributed by atoms with van der Waals surface area (Å²) < 4.78 is 7.18. The Hall–Kier alpha value is -4.24. The Labute approximate surface area is 215 Å². The first-order chi connectivity index (χ1) is 17.7. The minimum atomic E-state index is -0.642. The van der Waals surface area contributed by atoms with Gasteiger partial charge in [-0.2, -0.15) is 5.10 Å². The van der Waals surface area contributed by atoms with E-state index < -0.39 is 5.91 Å². The quantitative estimate of drug-likeness (QED) is 0.526. The van der Waals surface area contributed by atoms with Gasteiger partial charge >= 0.3 is 0 Å². The monoisotopic (exact) mass is 499 g/mol. The molecule has 2 aliphatic heterocycles. The molecule has 2 aromatic carbocycles. The number of hydrogen-bond acceptors (Lipinski definition) is 5. The number of nitrogens with zero attached hydrogens (tertiary/aromatic N) is 4. The van der Waals surface area contributed by atoms with Crippen LogP contribution < -0.4 is 5.32 Å². The molecule has 1 aromatic heterocycles. The molecule has 0 bridgehead atoms. The molecule has 0 radical (unpaired) electrons. The first-order valence-corrected chi connectivity index (χ1v) is 12.2. The van der Waals surface area contributed by atoms with Crippen molar-refractivity contribution in [2.45, 2.75) is 26.4 Å². The standard InChI is InChI=1S/C28H29N5O4/c1-17(2)33-15-21-14-20(8-9-25(21)30-33)22-6-5-7-23-24(22)16-32(28(23)36)19(4)26(34)29-18(3)27(35)31-10-12-37-13-11-31/h5-9,14-15,17H,3-4,10-13,16H2,1-2H3,(H,29,34). The van der Waals surface area contributed by atoms with E-state index in [1.54, 1.807) is 11.0 Å². The van der Waals surface area contributed by atoms with Crippen molar-refractivity contribution >= 4 is 28.6 Å². The molecule has 37 heavy (non-hydrogen) atoms. The molecule has 3 amide bonds. The lowest BCUT2D eigenvalue weighted by atomic mass is 9.96. The van der Waals surface area contributed by atoms with Crippen molar-refractivity contribution < 1.29 is 19.1 Å². The fraction of sp³-hybridized carbons (Fsp3) is 0.286. The van der Waals surface area contributed by atoms with Gasteiger partial charge in [0.25, 0.3) is 17.7 Å². The molecule has 0 spiro atoms. The molecule has 0 saturated carbocycles. The summed E-state index contributed by atoms with van der Waals surface area (Å²) in [6.45, 7) is 13.7. The highest BCUT2D eigenvalue weighted by molar-refractivity contribution is 6.08. The van der Waals surface area contributed by atoms with Crippen LogP contribution >= 0.6 is 0 Å². The lowest BCUT2D eigenvalue weighted by molar-refractivity contribution is -0.132. The highest BCUT2D eigenvalue weighted by atomic mass is 16.5. The van der Waals surface area contributed by atoms with Crippen molar-refractivity contribution in [3.8, 4) is 11.1 Å². The Morgan fingerprint density at radius 2 is 1.81 bits per heavy atom. The lowest BCUT2D eigenvalue weighted by Gasteiger charge is -2.27. The van der Waals surface area contributed by atoms with E-state index in [9.17, 15) is 14.4 Å². The van der Waals surface area contributed by atoms with Crippen molar-refractivity contribution in [3.63, 3.8) is 0 Å². The molecule has 2 aliphatic rings. The zero-order valence-electron chi connectivity index (χ0n) is 21.0. The van der Waals surface area contributed by atoms with E-state index in [1.165, 1.54) is 4.90 Å². The van der Waals surface area contributed by atoms with Gasteiger partial charge in [-0.1, -0.05) is 31.4 Å². The highest BCUT2D eigenvalue weighted by Crippen LogP contribution is 2.35. The largest absolute Gasteiger partial charge is 0.378 e. The number of carbonyl (C=O) groups excluding carboxylic acids is 3. The number of fused-ring (bicyclic) bond motifs is 2. The second-order valence-electron chi connectivity index (χ2n) is 9.48. The summed E-state index contributed by atoms with van der Waals surface area (Å²) in [6, 6.07) is 11.8. The van der Waals surface area contributed by atoms with Gasteiger partial charge in [-0.05, 0) is 48.7 Å². The average molecular weight is 500 g/mol. The van der Waals surface area contributed by atoms with Gasteiger partial charge in [0, 0.05) is 36.3 Å². The predicted octanol–water partition coefficient (Wildman–Crippen LogP) is 3.24. The minimum absolute atomic E-state index is 0.0447. The van der Waals surface area contributed by atoms with Crippen LogP contribution in [0.5, 0.6) is 0 Å². The van der Waals surface area contributed by atoms with Gasteiger partial charge in [-0.3, -0.25) is 24.0 Å². The number of rotatable bonds is 6. The van der Waals surface area contributed by atoms with Crippen LogP contribution in [0.15, 0.2) is 67.1 Å². The molecule has 3 aromatic rings. The minimum Gasteiger partial charge on any atom is -0.378 e. The molecular weight excluding hydrogens is 470 g/mol. The molecule has 1 fully saturated rings. The molecule has 1 N–H and O–H groups in total. The van der Waals surface area contributed by atoms with E-state index in [4.69, 9.17) is 4.74 Å². The summed E-state index contributed by atoms with van der Waals surface area (Å²) in [5.74, 6) is -1.33. The zero-order chi connectivity index (χ0) is 26.3. The van der Waals surface area contributed by atoms with Gasteiger partial charge in [0.15, 0.2) is 0 Å². The van der Waals surface area contributed by atoms with E-state index in [0.29, 0.717) is 31.9 Å². The molecular formula is C28H29N5O4. The van der Waals surface area contributed by atoms with Crippen LogP contribution in [0.25, 0.3) is 22.0 Å². The third-order valence-electron chi connectivity index (χ3n) is 6.74. The third-order valence-corrected chi connectivity index (χ3v) is 6.74. The van der Waals surface area contributed by atoms with E-state index >= 15 is 0 Å². The van der Waals surface area contributed by atoms with Crippen LogP contribution in [0.4, 0.5) is 0 Å². The molecule has 9 heteroatoms. The fourth-order valence-electron chi connectivity index (χ4n) is 4.64. The first-order valence-electron chi connectivity index (χ1n) is 12.2. The maximum atomic E-state index is 13.2. The summed E-state index contributed by atoms with van der Waals surface area (Å²) >= 11 is 0. The van der Waals surface area contributed by atoms with E-state index in [1.807, 2.05) is 35.1 Å². The van der Waals surface area contributed by atoms with Crippen molar-refractivity contribution in [2.24, 2.45) is 0 Å².